The van der Waals surface area contributed by atoms with Crippen molar-refractivity contribution in [3.63, 3.8) is 0 Å². The average molecular weight is 309 g/mol. The molecule has 0 saturated carbocycles. The summed E-state index contributed by atoms with van der Waals surface area (Å²) in [5, 5.41) is 1.54. The summed E-state index contributed by atoms with van der Waals surface area (Å²) >= 11 is 0. The zero-order chi connectivity index (χ0) is 16.1. The van der Waals surface area contributed by atoms with E-state index in [1.54, 1.807) is 5.06 Å². The van der Waals surface area contributed by atoms with Gasteiger partial charge in [-0.2, -0.15) is 0 Å². The first-order valence-corrected chi connectivity index (χ1v) is 8.29. The van der Waals surface area contributed by atoms with E-state index in [-0.39, 0.29) is 17.9 Å². The summed E-state index contributed by atoms with van der Waals surface area (Å²) in [6.07, 6.45) is 3.00. The SMILES string of the molecule is CC1C(CCCc2ccccc2)C(=O)N1OCc1ccccc1. The van der Waals surface area contributed by atoms with Gasteiger partial charge < -0.3 is 0 Å². The maximum atomic E-state index is 12.2. The number of β-lactam (4-membered cyclic amide) rings is 1. The molecular weight excluding hydrogens is 286 g/mol. The van der Waals surface area contributed by atoms with Crippen LogP contribution in [0.2, 0.25) is 0 Å². The monoisotopic (exact) mass is 309 g/mol. The number of benzene rings is 2. The third kappa shape index (κ3) is 3.80. The lowest BCUT2D eigenvalue weighted by Gasteiger charge is -2.43. The fourth-order valence-electron chi connectivity index (χ4n) is 3.09. The summed E-state index contributed by atoms with van der Waals surface area (Å²) in [4.78, 5) is 17.9. The molecule has 2 atom stereocenters. The molecule has 23 heavy (non-hydrogen) atoms. The summed E-state index contributed by atoms with van der Waals surface area (Å²) in [5.74, 6) is 0.232. The number of nitrogens with zero attached hydrogens (tertiary/aromatic N) is 1. The quantitative estimate of drug-likeness (QED) is 0.724. The Balaban J connectivity index is 1.42. The van der Waals surface area contributed by atoms with Crippen LogP contribution in [0.3, 0.4) is 0 Å². The topological polar surface area (TPSA) is 29.5 Å². The van der Waals surface area contributed by atoms with E-state index in [0.717, 1.165) is 24.8 Å². The van der Waals surface area contributed by atoms with Crippen LogP contribution in [0.4, 0.5) is 0 Å². The van der Waals surface area contributed by atoms with Gasteiger partial charge in [-0.3, -0.25) is 9.63 Å². The Kier molecular flexibility index (Phi) is 5.09. The minimum atomic E-state index is 0.106. The zero-order valence-electron chi connectivity index (χ0n) is 13.5. The van der Waals surface area contributed by atoms with Crippen molar-refractivity contribution in [1.29, 1.82) is 0 Å². The van der Waals surface area contributed by atoms with Crippen molar-refractivity contribution in [2.24, 2.45) is 5.92 Å². The van der Waals surface area contributed by atoms with E-state index in [1.165, 1.54) is 5.56 Å². The summed E-state index contributed by atoms with van der Waals surface area (Å²) in [6.45, 7) is 2.52. The van der Waals surface area contributed by atoms with Crippen molar-refractivity contribution < 1.29 is 9.63 Å². The van der Waals surface area contributed by atoms with Crippen LogP contribution in [0, 0.1) is 5.92 Å². The van der Waals surface area contributed by atoms with Gasteiger partial charge in [-0.25, -0.2) is 5.06 Å². The maximum absolute atomic E-state index is 12.2. The van der Waals surface area contributed by atoms with Gasteiger partial charge in [0.25, 0.3) is 5.91 Å². The van der Waals surface area contributed by atoms with Crippen LogP contribution in [-0.2, 0) is 22.7 Å². The van der Waals surface area contributed by atoms with Crippen molar-refractivity contribution in [3.8, 4) is 0 Å². The van der Waals surface area contributed by atoms with Crippen molar-refractivity contribution in [2.45, 2.75) is 38.8 Å². The second-order valence-corrected chi connectivity index (χ2v) is 6.15. The van der Waals surface area contributed by atoms with E-state index in [9.17, 15) is 4.79 Å². The highest BCUT2D eigenvalue weighted by Crippen LogP contribution is 2.31. The Morgan fingerprint density at radius 3 is 2.17 bits per heavy atom. The molecule has 3 heteroatoms. The van der Waals surface area contributed by atoms with Crippen molar-refractivity contribution in [2.75, 3.05) is 0 Å². The fourth-order valence-corrected chi connectivity index (χ4v) is 3.09. The highest BCUT2D eigenvalue weighted by atomic mass is 16.7. The van der Waals surface area contributed by atoms with Gasteiger partial charge in [-0.05, 0) is 37.3 Å². The van der Waals surface area contributed by atoms with Crippen LogP contribution in [0.15, 0.2) is 60.7 Å². The predicted molar refractivity (Wildman–Crippen MR) is 90.4 cm³/mol. The van der Waals surface area contributed by atoms with Gasteiger partial charge >= 0.3 is 0 Å². The molecule has 0 aliphatic carbocycles. The van der Waals surface area contributed by atoms with Gasteiger partial charge in [-0.15, -0.1) is 0 Å². The van der Waals surface area contributed by atoms with Crippen molar-refractivity contribution in [3.05, 3.63) is 71.8 Å². The summed E-state index contributed by atoms with van der Waals surface area (Å²) < 4.78 is 0. The molecule has 1 fully saturated rings. The highest BCUT2D eigenvalue weighted by Gasteiger charge is 2.44. The summed E-state index contributed by atoms with van der Waals surface area (Å²) in [6, 6.07) is 20.5. The molecule has 3 rings (SSSR count). The summed E-state index contributed by atoms with van der Waals surface area (Å²) in [5.41, 5.74) is 2.42. The third-order valence-electron chi connectivity index (χ3n) is 4.52. The molecule has 0 aromatic heterocycles. The van der Waals surface area contributed by atoms with Gasteiger partial charge in [-0.1, -0.05) is 60.7 Å². The number of rotatable bonds is 7. The van der Waals surface area contributed by atoms with E-state index in [4.69, 9.17) is 4.84 Å². The maximum Gasteiger partial charge on any atom is 0.251 e. The Bertz CT molecular complexity index is 627. The van der Waals surface area contributed by atoms with Crippen molar-refractivity contribution >= 4 is 5.91 Å². The number of hydrogen-bond donors (Lipinski definition) is 0. The first-order chi connectivity index (χ1) is 11.3. The molecule has 0 spiro atoms. The minimum Gasteiger partial charge on any atom is -0.272 e. The number of carbonyl (C=O) groups is 1. The number of carbonyl (C=O) groups excluding carboxylic acids is 1. The standard InChI is InChI=1S/C20H23NO2/c1-16-19(14-8-13-17-9-4-2-5-10-17)20(22)21(16)23-15-18-11-6-3-7-12-18/h2-7,9-12,16,19H,8,13-15H2,1H3. The van der Waals surface area contributed by atoms with Crippen LogP contribution in [0.5, 0.6) is 0 Å². The second-order valence-electron chi connectivity index (χ2n) is 6.15. The van der Waals surface area contributed by atoms with Crippen LogP contribution < -0.4 is 0 Å². The van der Waals surface area contributed by atoms with E-state index in [1.807, 2.05) is 36.4 Å². The highest BCUT2D eigenvalue weighted by molar-refractivity contribution is 5.84. The molecule has 3 nitrogen and oxygen atoms in total. The van der Waals surface area contributed by atoms with E-state index in [0.29, 0.717) is 6.61 Å². The lowest BCUT2D eigenvalue weighted by atomic mass is 9.86. The van der Waals surface area contributed by atoms with Gasteiger partial charge in [0.15, 0.2) is 0 Å². The van der Waals surface area contributed by atoms with Gasteiger partial charge in [0, 0.05) is 0 Å². The first kappa shape index (κ1) is 15.8. The molecular formula is C20H23NO2. The molecule has 1 saturated heterocycles. The van der Waals surface area contributed by atoms with E-state index < -0.39 is 0 Å². The fraction of sp³-hybridized carbons (Fsp3) is 0.350. The molecule has 0 bridgehead atoms. The molecule has 2 aromatic carbocycles. The molecule has 0 radical (unpaired) electrons. The van der Waals surface area contributed by atoms with E-state index in [2.05, 4.69) is 31.2 Å². The molecule has 0 N–H and O–H groups in total. The largest absolute Gasteiger partial charge is 0.272 e. The molecule has 1 amide bonds. The lowest BCUT2D eigenvalue weighted by molar-refractivity contribution is -0.246. The summed E-state index contributed by atoms with van der Waals surface area (Å²) in [7, 11) is 0. The lowest BCUT2D eigenvalue weighted by Crippen LogP contribution is -2.58. The van der Waals surface area contributed by atoms with Gasteiger partial charge in [0.1, 0.15) is 6.61 Å². The number of amides is 1. The molecule has 120 valence electrons. The van der Waals surface area contributed by atoms with Crippen LogP contribution in [0.1, 0.15) is 30.9 Å². The number of aryl methyl sites for hydroxylation is 1. The van der Waals surface area contributed by atoms with Crippen LogP contribution in [-0.4, -0.2) is 17.0 Å². The first-order valence-electron chi connectivity index (χ1n) is 8.29. The minimum absolute atomic E-state index is 0.106. The Hall–Kier alpha value is -2.13. The smallest absolute Gasteiger partial charge is 0.251 e. The normalized spacial score (nSPS) is 20.4. The Morgan fingerprint density at radius 1 is 0.957 bits per heavy atom. The predicted octanol–water partition coefficient (Wildman–Crippen LogP) is 3.99. The molecule has 1 aliphatic rings. The third-order valence-corrected chi connectivity index (χ3v) is 4.52. The number of hydrogen-bond acceptors (Lipinski definition) is 2. The van der Waals surface area contributed by atoms with Gasteiger partial charge in [0.05, 0.1) is 12.0 Å². The van der Waals surface area contributed by atoms with Gasteiger partial charge in [0.2, 0.25) is 0 Å². The van der Waals surface area contributed by atoms with Crippen molar-refractivity contribution in [1.82, 2.24) is 5.06 Å². The zero-order valence-corrected chi connectivity index (χ0v) is 13.5. The van der Waals surface area contributed by atoms with E-state index >= 15 is 0 Å². The Labute approximate surface area is 137 Å². The van der Waals surface area contributed by atoms with Crippen LogP contribution in [0.25, 0.3) is 0 Å². The Morgan fingerprint density at radius 2 is 1.57 bits per heavy atom. The van der Waals surface area contributed by atoms with Crippen LogP contribution >= 0.6 is 0 Å². The molecule has 2 unspecified atom stereocenters. The second kappa shape index (κ2) is 7.42. The molecule has 2 aromatic rings. The molecule has 1 aliphatic heterocycles. The number of hydroxylamine groups is 2. The molecule has 1 heterocycles. The average Bonchev–Trinajstić information content (AvgIpc) is 2.60.